The van der Waals surface area contributed by atoms with Gasteiger partial charge in [-0.25, -0.2) is 4.68 Å². The van der Waals surface area contributed by atoms with Crippen LogP contribution in [0.25, 0.3) is 5.69 Å². The number of amides is 1. The number of methoxy groups -OCH3 is 1. The quantitative estimate of drug-likeness (QED) is 0.750. The topological polar surface area (TPSA) is 56.6 Å². The molecule has 0 aliphatic carbocycles. The summed E-state index contributed by atoms with van der Waals surface area (Å²) in [4.78, 5) is 13.9. The smallest absolute Gasteiger partial charge is 0.238 e. The summed E-state index contributed by atoms with van der Waals surface area (Å²) < 4.78 is 12.3. The van der Waals surface area contributed by atoms with E-state index in [4.69, 9.17) is 21.1 Å². The average molecular weight is 350 g/mol. The van der Waals surface area contributed by atoms with Gasteiger partial charge in [-0.2, -0.15) is 5.10 Å². The van der Waals surface area contributed by atoms with Crippen LogP contribution >= 0.6 is 11.6 Å². The minimum atomic E-state index is -0.0793. The molecule has 1 aliphatic rings. The number of carbonyl (C=O) groups is 1. The first-order chi connectivity index (χ1) is 11.7. The van der Waals surface area contributed by atoms with Crippen molar-refractivity contribution < 1.29 is 14.3 Å². The third-order valence-electron chi connectivity index (χ3n) is 4.11. The summed E-state index contributed by atoms with van der Waals surface area (Å²) in [6, 6.07) is 7.72. The van der Waals surface area contributed by atoms with Crippen LogP contribution in [0.5, 0.6) is 5.75 Å². The van der Waals surface area contributed by atoms with E-state index in [-0.39, 0.29) is 17.8 Å². The number of hydrogen-bond donors (Lipinski definition) is 0. The Bertz CT molecular complexity index is 681. The SMILES string of the molecule is COc1ccc(-n2cc(CN(C(=O)CCl)[C@@H]3CCOC3)cn2)cc1. The number of nitrogens with zero attached hydrogens (tertiary/aromatic N) is 3. The molecule has 1 saturated heterocycles. The monoisotopic (exact) mass is 349 g/mol. The Morgan fingerprint density at radius 1 is 1.46 bits per heavy atom. The maximum Gasteiger partial charge on any atom is 0.238 e. The van der Waals surface area contributed by atoms with Crippen LogP contribution in [-0.2, 0) is 16.1 Å². The van der Waals surface area contributed by atoms with Crippen molar-refractivity contribution in [2.24, 2.45) is 0 Å². The number of rotatable bonds is 6. The van der Waals surface area contributed by atoms with E-state index in [1.165, 1.54) is 0 Å². The zero-order chi connectivity index (χ0) is 16.9. The first-order valence-corrected chi connectivity index (χ1v) is 8.36. The lowest BCUT2D eigenvalue weighted by molar-refractivity contribution is -0.131. The Morgan fingerprint density at radius 2 is 2.25 bits per heavy atom. The molecule has 0 radical (unpaired) electrons. The molecule has 2 aromatic rings. The number of ether oxygens (including phenoxy) is 2. The van der Waals surface area contributed by atoms with E-state index >= 15 is 0 Å². The van der Waals surface area contributed by atoms with Gasteiger partial charge in [-0.05, 0) is 30.7 Å². The highest BCUT2D eigenvalue weighted by Crippen LogP contribution is 2.18. The van der Waals surface area contributed by atoms with Crippen LogP contribution in [0.1, 0.15) is 12.0 Å². The molecule has 1 amide bonds. The van der Waals surface area contributed by atoms with E-state index in [1.54, 1.807) is 22.9 Å². The van der Waals surface area contributed by atoms with Gasteiger partial charge >= 0.3 is 0 Å². The van der Waals surface area contributed by atoms with Crippen LogP contribution in [0.15, 0.2) is 36.7 Å². The molecule has 3 rings (SSSR count). The second-order valence-corrected chi connectivity index (χ2v) is 5.93. The fraction of sp³-hybridized carbons (Fsp3) is 0.412. The Labute approximate surface area is 145 Å². The minimum Gasteiger partial charge on any atom is -0.497 e. The Morgan fingerprint density at radius 3 is 2.88 bits per heavy atom. The second kappa shape index (κ2) is 7.68. The maximum atomic E-state index is 12.1. The predicted molar refractivity (Wildman–Crippen MR) is 90.6 cm³/mol. The second-order valence-electron chi connectivity index (χ2n) is 5.66. The van der Waals surface area contributed by atoms with Gasteiger partial charge in [0.15, 0.2) is 0 Å². The van der Waals surface area contributed by atoms with Crippen molar-refractivity contribution in [3.05, 3.63) is 42.2 Å². The molecule has 0 unspecified atom stereocenters. The van der Waals surface area contributed by atoms with Crippen molar-refractivity contribution in [2.45, 2.75) is 19.0 Å². The van der Waals surface area contributed by atoms with E-state index in [2.05, 4.69) is 5.10 Å². The highest BCUT2D eigenvalue weighted by molar-refractivity contribution is 6.27. The van der Waals surface area contributed by atoms with Gasteiger partial charge in [-0.15, -0.1) is 11.6 Å². The number of aromatic nitrogens is 2. The number of hydrogen-bond acceptors (Lipinski definition) is 4. The highest BCUT2D eigenvalue weighted by Gasteiger charge is 2.27. The molecule has 0 saturated carbocycles. The van der Waals surface area contributed by atoms with Crippen molar-refractivity contribution in [3.8, 4) is 11.4 Å². The lowest BCUT2D eigenvalue weighted by Gasteiger charge is -2.26. The molecule has 1 aromatic carbocycles. The van der Waals surface area contributed by atoms with Crippen molar-refractivity contribution >= 4 is 17.5 Å². The first kappa shape index (κ1) is 16.8. The normalized spacial score (nSPS) is 17.0. The van der Waals surface area contributed by atoms with Crippen LogP contribution in [-0.4, -0.2) is 52.8 Å². The van der Waals surface area contributed by atoms with Gasteiger partial charge in [0.1, 0.15) is 11.6 Å². The average Bonchev–Trinajstić information content (AvgIpc) is 3.31. The fourth-order valence-corrected chi connectivity index (χ4v) is 2.93. The van der Waals surface area contributed by atoms with Crippen LogP contribution in [0.3, 0.4) is 0 Å². The largest absolute Gasteiger partial charge is 0.497 e. The highest BCUT2D eigenvalue weighted by atomic mass is 35.5. The van der Waals surface area contributed by atoms with E-state index in [1.807, 2.05) is 30.5 Å². The van der Waals surface area contributed by atoms with Gasteiger partial charge in [0.2, 0.25) is 5.91 Å². The Kier molecular flexibility index (Phi) is 5.37. The Hall–Kier alpha value is -2.05. The summed E-state index contributed by atoms with van der Waals surface area (Å²) in [5.74, 6) is 0.693. The van der Waals surface area contributed by atoms with Gasteiger partial charge in [-0.1, -0.05) is 0 Å². The van der Waals surface area contributed by atoms with E-state index in [0.29, 0.717) is 19.8 Å². The van der Waals surface area contributed by atoms with Gasteiger partial charge in [0.05, 0.1) is 31.6 Å². The number of benzene rings is 1. The lowest BCUT2D eigenvalue weighted by atomic mass is 10.2. The molecule has 0 spiro atoms. The van der Waals surface area contributed by atoms with Gasteiger partial charge < -0.3 is 14.4 Å². The summed E-state index contributed by atoms with van der Waals surface area (Å²) in [6.07, 6.45) is 4.54. The molecule has 1 fully saturated rings. The number of carbonyl (C=O) groups excluding carboxylic acids is 1. The third-order valence-corrected chi connectivity index (χ3v) is 4.34. The van der Waals surface area contributed by atoms with Gasteiger partial charge in [-0.3, -0.25) is 4.79 Å². The zero-order valence-electron chi connectivity index (χ0n) is 13.5. The van der Waals surface area contributed by atoms with Crippen molar-refractivity contribution in [2.75, 3.05) is 26.2 Å². The van der Waals surface area contributed by atoms with Crippen LogP contribution in [0, 0.1) is 0 Å². The molecular formula is C17H20ClN3O3. The summed E-state index contributed by atoms with van der Waals surface area (Å²) in [5.41, 5.74) is 1.89. The molecule has 24 heavy (non-hydrogen) atoms. The lowest BCUT2D eigenvalue weighted by Crippen LogP contribution is -2.40. The van der Waals surface area contributed by atoms with Crippen LogP contribution in [0.2, 0.25) is 0 Å². The van der Waals surface area contributed by atoms with Crippen molar-refractivity contribution in [1.29, 1.82) is 0 Å². The van der Waals surface area contributed by atoms with E-state index in [9.17, 15) is 4.79 Å². The maximum absolute atomic E-state index is 12.1. The van der Waals surface area contributed by atoms with Gasteiger partial charge in [0.25, 0.3) is 0 Å². The predicted octanol–water partition coefficient (Wildman–Crippen LogP) is 2.24. The molecule has 7 heteroatoms. The molecule has 0 bridgehead atoms. The summed E-state index contributed by atoms with van der Waals surface area (Å²) in [6.45, 7) is 1.73. The zero-order valence-corrected chi connectivity index (χ0v) is 14.3. The Balaban J connectivity index is 1.74. The number of halogens is 1. The van der Waals surface area contributed by atoms with Crippen molar-refractivity contribution in [3.63, 3.8) is 0 Å². The summed E-state index contributed by atoms with van der Waals surface area (Å²) >= 11 is 5.76. The van der Waals surface area contributed by atoms with Crippen LogP contribution in [0.4, 0.5) is 0 Å². The van der Waals surface area contributed by atoms with E-state index < -0.39 is 0 Å². The number of alkyl halides is 1. The molecular weight excluding hydrogens is 330 g/mol. The standard InChI is InChI=1S/C17H20ClN3O3/c1-23-16-4-2-14(3-5-16)21-11-13(9-19-21)10-20(17(22)8-18)15-6-7-24-12-15/h2-5,9,11,15H,6-8,10,12H2,1H3/t15-/m1/s1. The molecule has 2 heterocycles. The molecule has 0 N–H and O–H groups in total. The minimum absolute atomic E-state index is 0.0247. The van der Waals surface area contributed by atoms with Crippen LogP contribution < -0.4 is 4.74 Å². The summed E-state index contributed by atoms with van der Waals surface area (Å²) in [7, 11) is 1.64. The molecule has 1 aliphatic heterocycles. The molecule has 128 valence electrons. The third kappa shape index (κ3) is 3.71. The van der Waals surface area contributed by atoms with E-state index in [0.717, 1.165) is 23.4 Å². The van der Waals surface area contributed by atoms with Crippen molar-refractivity contribution in [1.82, 2.24) is 14.7 Å². The summed E-state index contributed by atoms with van der Waals surface area (Å²) in [5, 5.41) is 4.38. The fourth-order valence-electron chi connectivity index (χ4n) is 2.78. The molecule has 6 nitrogen and oxygen atoms in total. The molecule has 1 atom stereocenters. The first-order valence-electron chi connectivity index (χ1n) is 7.82. The van der Waals surface area contributed by atoms with Gasteiger partial charge in [0, 0.05) is 24.9 Å². The molecule has 1 aromatic heterocycles.